The van der Waals surface area contributed by atoms with E-state index >= 15 is 0 Å². The average Bonchev–Trinajstić information content (AvgIpc) is 3.27. The minimum absolute atomic E-state index is 0.0513. The number of benzene rings is 1. The number of non-ortho nitro benzene ring substituents is 1. The molecule has 0 aliphatic carbocycles. The fourth-order valence-electron chi connectivity index (χ4n) is 2.01. The summed E-state index contributed by atoms with van der Waals surface area (Å²) in [4.78, 5) is 26.1. The van der Waals surface area contributed by atoms with Crippen molar-refractivity contribution in [1.29, 1.82) is 0 Å². The van der Waals surface area contributed by atoms with Crippen LogP contribution in [0.25, 0.3) is 11.4 Å². The lowest BCUT2D eigenvalue weighted by Gasteiger charge is -1.99. The fourth-order valence-corrected chi connectivity index (χ4v) is 2.01. The van der Waals surface area contributed by atoms with E-state index in [9.17, 15) is 14.9 Å². The molecule has 24 heavy (non-hydrogen) atoms. The summed E-state index contributed by atoms with van der Waals surface area (Å²) in [5.41, 5.74) is 0.434. The molecule has 2 heterocycles. The third kappa shape index (κ3) is 3.46. The van der Waals surface area contributed by atoms with Crippen LogP contribution in [0, 0.1) is 10.1 Å². The lowest BCUT2D eigenvalue weighted by atomic mass is 10.2. The monoisotopic (exact) mass is 328 g/mol. The van der Waals surface area contributed by atoms with Crippen molar-refractivity contribution in [2.45, 2.75) is 6.42 Å². The maximum atomic E-state index is 11.7. The zero-order valence-corrected chi connectivity index (χ0v) is 12.3. The van der Waals surface area contributed by atoms with E-state index in [4.69, 9.17) is 8.94 Å². The van der Waals surface area contributed by atoms with Gasteiger partial charge >= 0.3 is 0 Å². The third-order valence-corrected chi connectivity index (χ3v) is 3.15. The summed E-state index contributed by atoms with van der Waals surface area (Å²) < 4.78 is 10.1. The molecule has 0 unspecified atom stereocenters. The Hall–Kier alpha value is -3.49. The highest BCUT2D eigenvalue weighted by Crippen LogP contribution is 2.21. The van der Waals surface area contributed by atoms with Crippen LogP contribution in [0.3, 0.4) is 0 Å². The lowest BCUT2D eigenvalue weighted by molar-refractivity contribution is -0.384. The topological polar surface area (TPSA) is 124 Å². The molecule has 2 aromatic heterocycles. The van der Waals surface area contributed by atoms with Gasteiger partial charge in [-0.2, -0.15) is 4.98 Å². The van der Waals surface area contributed by atoms with Crippen LogP contribution in [0.4, 0.5) is 5.69 Å². The molecule has 1 N–H and O–H groups in total. The number of nitrogens with one attached hydrogen (secondary N) is 1. The van der Waals surface area contributed by atoms with Crippen LogP contribution >= 0.6 is 0 Å². The summed E-state index contributed by atoms with van der Waals surface area (Å²) in [5, 5.41) is 17.2. The highest BCUT2D eigenvalue weighted by Gasteiger charge is 2.13. The molecule has 0 aliphatic heterocycles. The first-order valence-electron chi connectivity index (χ1n) is 7.02. The molecule has 0 saturated carbocycles. The number of amides is 1. The van der Waals surface area contributed by atoms with Crippen LogP contribution in [0.2, 0.25) is 0 Å². The molecular weight excluding hydrogens is 316 g/mol. The molecular formula is C15H12N4O5. The first-order chi connectivity index (χ1) is 11.6. The second-order valence-corrected chi connectivity index (χ2v) is 4.80. The smallest absolute Gasteiger partial charge is 0.286 e. The van der Waals surface area contributed by atoms with Crippen molar-refractivity contribution in [3.8, 4) is 11.4 Å². The van der Waals surface area contributed by atoms with Gasteiger partial charge in [-0.1, -0.05) is 17.3 Å². The number of hydrogen-bond acceptors (Lipinski definition) is 7. The second kappa shape index (κ2) is 6.73. The number of carbonyl (C=O) groups is 1. The van der Waals surface area contributed by atoms with Gasteiger partial charge in [-0.05, 0) is 12.1 Å². The highest BCUT2D eigenvalue weighted by molar-refractivity contribution is 5.91. The van der Waals surface area contributed by atoms with E-state index in [-0.39, 0.29) is 29.7 Å². The summed E-state index contributed by atoms with van der Waals surface area (Å²) in [6.45, 7) is 0.288. The van der Waals surface area contributed by atoms with Crippen LogP contribution in [0.1, 0.15) is 16.4 Å². The minimum atomic E-state index is -0.491. The highest BCUT2D eigenvalue weighted by atomic mass is 16.6. The van der Waals surface area contributed by atoms with Crippen molar-refractivity contribution >= 4 is 11.6 Å². The number of hydrogen-bond donors (Lipinski definition) is 1. The summed E-state index contributed by atoms with van der Waals surface area (Å²) in [5.74, 6) is 0.457. The number of aromatic nitrogens is 2. The van der Waals surface area contributed by atoms with Gasteiger partial charge in [0.05, 0.1) is 11.2 Å². The van der Waals surface area contributed by atoms with Gasteiger partial charge < -0.3 is 14.3 Å². The second-order valence-electron chi connectivity index (χ2n) is 4.80. The summed E-state index contributed by atoms with van der Waals surface area (Å²) in [7, 11) is 0. The van der Waals surface area contributed by atoms with E-state index in [1.807, 2.05) is 0 Å². The normalized spacial score (nSPS) is 10.5. The van der Waals surface area contributed by atoms with E-state index in [0.717, 1.165) is 0 Å². The molecule has 0 aliphatic rings. The Morgan fingerprint density at radius 2 is 2.17 bits per heavy atom. The molecule has 3 rings (SSSR count). The first-order valence-corrected chi connectivity index (χ1v) is 7.02. The van der Waals surface area contributed by atoms with Crippen LogP contribution in [0.5, 0.6) is 0 Å². The largest absolute Gasteiger partial charge is 0.459 e. The predicted molar refractivity (Wildman–Crippen MR) is 81.1 cm³/mol. The quantitative estimate of drug-likeness (QED) is 0.543. The molecule has 3 aromatic rings. The third-order valence-electron chi connectivity index (χ3n) is 3.15. The molecule has 1 aromatic carbocycles. The van der Waals surface area contributed by atoms with Crippen molar-refractivity contribution in [3.05, 3.63) is 64.4 Å². The van der Waals surface area contributed by atoms with Gasteiger partial charge in [0, 0.05) is 30.7 Å². The average molecular weight is 328 g/mol. The summed E-state index contributed by atoms with van der Waals surface area (Å²) in [6, 6.07) is 9.13. The van der Waals surface area contributed by atoms with Crippen LogP contribution in [0.15, 0.2) is 51.6 Å². The number of nitrogens with zero attached hydrogens (tertiary/aromatic N) is 3. The van der Waals surface area contributed by atoms with Gasteiger partial charge in [0.2, 0.25) is 11.7 Å². The van der Waals surface area contributed by atoms with Crippen LogP contribution in [-0.4, -0.2) is 27.5 Å². The molecule has 9 nitrogen and oxygen atoms in total. The number of nitro benzene ring substituents is 1. The van der Waals surface area contributed by atoms with E-state index in [1.54, 1.807) is 24.3 Å². The van der Waals surface area contributed by atoms with Crippen molar-refractivity contribution in [1.82, 2.24) is 15.5 Å². The van der Waals surface area contributed by atoms with E-state index in [2.05, 4.69) is 15.5 Å². The van der Waals surface area contributed by atoms with Gasteiger partial charge in [-0.25, -0.2) is 0 Å². The number of furan rings is 1. The van der Waals surface area contributed by atoms with Gasteiger partial charge in [-0.3, -0.25) is 14.9 Å². The molecule has 1 amide bonds. The Balaban J connectivity index is 1.60. The zero-order chi connectivity index (χ0) is 16.9. The van der Waals surface area contributed by atoms with E-state index in [0.29, 0.717) is 17.9 Å². The van der Waals surface area contributed by atoms with Gasteiger partial charge in [-0.15, -0.1) is 0 Å². The number of nitro groups is 1. The molecule has 122 valence electrons. The van der Waals surface area contributed by atoms with Crippen LogP contribution < -0.4 is 5.32 Å². The predicted octanol–water partition coefficient (Wildman–Crippen LogP) is 2.21. The van der Waals surface area contributed by atoms with Crippen molar-refractivity contribution < 1.29 is 18.7 Å². The van der Waals surface area contributed by atoms with Crippen molar-refractivity contribution in [3.63, 3.8) is 0 Å². The number of carbonyl (C=O) groups excluding carboxylic acids is 1. The molecule has 0 atom stereocenters. The SMILES string of the molecule is O=C(NCCc1nc(-c2cccc([N+](=O)[O-])c2)no1)c1ccco1. The molecule has 0 fully saturated rings. The van der Waals surface area contributed by atoms with E-state index in [1.165, 1.54) is 18.4 Å². The van der Waals surface area contributed by atoms with Crippen molar-refractivity contribution in [2.24, 2.45) is 0 Å². The maximum Gasteiger partial charge on any atom is 0.286 e. The molecule has 0 saturated heterocycles. The standard InChI is InChI=1S/C15H12N4O5/c20-15(12-5-2-8-23-12)16-7-6-13-17-14(18-24-13)10-3-1-4-11(9-10)19(21)22/h1-5,8-9H,6-7H2,(H,16,20). The molecule has 0 bridgehead atoms. The molecule has 0 spiro atoms. The first kappa shape index (κ1) is 15.4. The lowest BCUT2D eigenvalue weighted by Crippen LogP contribution is -2.25. The van der Waals surface area contributed by atoms with Crippen LogP contribution in [-0.2, 0) is 6.42 Å². The summed E-state index contributed by atoms with van der Waals surface area (Å²) >= 11 is 0. The Morgan fingerprint density at radius 3 is 2.92 bits per heavy atom. The Bertz CT molecular complexity index is 856. The zero-order valence-electron chi connectivity index (χ0n) is 12.3. The molecule has 0 radical (unpaired) electrons. The summed E-state index contributed by atoms with van der Waals surface area (Å²) in [6.07, 6.45) is 1.74. The number of rotatable bonds is 6. The Labute approximate surface area is 135 Å². The Kier molecular flexibility index (Phi) is 4.32. The maximum absolute atomic E-state index is 11.7. The van der Waals surface area contributed by atoms with Crippen molar-refractivity contribution in [2.75, 3.05) is 6.54 Å². The fraction of sp³-hybridized carbons (Fsp3) is 0.133. The van der Waals surface area contributed by atoms with Gasteiger partial charge in [0.15, 0.2) is 5.76 Å². The molecule has 9 heteroatoms. The van der Waals surface area contributed by atoms with Gasteiger partial charge in [0.1, 0.15) is 0 Å². The van der Waals surface area contributed by atoms with Gasteiger partial charge in [0.25, 0.3) is 11.6 Å². The Morgan fingerprint density at radius 1 is 1.29 bits per heavy atom. The van der Waals surface area contributed by atoms with E-state index < -0.39 is 4.92 Å². The minimum Gasteiger partial charge on any atom is -0.459 e.